The highest BCUT2D eigenvalue weighted by atomic mass is 16.5. The first kappa shape index (κ1) is 27.6. The summed E-state index contributed by atoms with van der Waals surface area (Å²) in [6.45, 7) is 3.99. The molecule has 0 radical (unpaired) electrons. The maximum Gasteiger partial charge on any atom is 0.258 e. The van der Waals surface area contributed by atoms with E-state index in [0.29, 0.717) is 43.1 Å². The van der Waals surface area contributed by atoms with Crippen molar-refractivity contribution in [3.8, 4) is 22.9 Å². The Bertz CT molecular complexity index is 1590. The van der Waals surface area contributed by atoms with E-state index in [1.54, 1.807) is 18.2 Å². The van der Waals surface area contributed by atoms with E-state index in [1.807, 2.05) is 59.5 Å². The van der Waals surface area contributed by atoms with Gasteiger partial charge in [-0.1, -0.05) is 60.7 Å². The number of rotatable bonds is 10. The number of carbonyl (C=O) groups is 2. The number of ether oxygens (including phenoxy) is 1. The van der Waals surface area contributed by atoms with Gasteiger partial charge in [-0.25, -0.2) is 0 Å². The maximum atomic E-state index is 13.8. The molecule has 1 aliphatic heterocycles. The van der Waals surface area contributed by atoms with Crippen molar-refractivity contribution in [3.63, 3.8) is 0 Å². The molecule has 2 N–H and O–H groups in total. The van der Waals surface area contributed by atoms with Crippen LogP contribution in [0.4, 0.5) is 5.69 Å². The largest absolute Gasteiger partial charge is 0.489 e. The molecule has 4 aromatic carbocycles. The van der Waals surface area contributed by atoms with Crippen LogP contribution in [0.15, 0.2) is 91.0 Å². The van der Waals surface area contributed by atoms with Gasteiger partial charge in [-0.2, -0.15) is 5.26 Å². The fraction of sp³-hybridized carbons (Fsp3) is 0.206. The minimum atomic E-state index is -0.0737. The van der Waals surface area contributed by atoms with E-state index in [9.17, 15) is 14.9 Å². The zero-order chi connectivity index (χ0) is 28.6. The van der Waals surface area contributed by atoms with Crippen LogP contribution in [0.25, 0.3) is 11.1 Å². The lowest BCUT2D eigenvalue weighted by Gasteiger charge is -2.20. The van der Waals surface area contributed by atoms with Gasteiger partial charge in [0.1, 0.15) is 12.4 Å². The van der Waals surface area contributed by atoms with Crippen LogP contribution < -0.4 is 20.3 Å². The predicted octanol–water partition coefficient (Wildman–Crippen LogP) is 5.23. The van der Waals surface area contributed by atoms with Crippen molar-refractivity contribution in [2.45, 2.75) is 26.5 Å². The van der Waals surface area contributed by atoms with Crippen LogP contribution in [0, 0.1) is 11.3 Å². The first-order chi connectivity index (χ1) is 20.0. The van der Waals surface area contributed by atoms with E-state index in [4.69, 9.17) is 4.74 Å². The highest BCUT2D eigenvalue weighted by Gasteiger charge is 2.28. The van der Waals surface area contributed by atoms with Gasteiger partial charge in [0.2, 0.25) is 5.91 Å². The van der Waals surface area contributed by atoms with E-state index in [2.05, 4.69) is 34.9 Å². The minimum Gasteiger partial charge on any atom is -0.489 e. The van der Waals surface area contributed by atoms with Crippen molar-refractivity contribution in [3.05, 3.63) is 119 Å². The number of hydrogen-bond acceptors (Lipinski definition) is 5. The number of amides is 2. The number of fused-ring (bicyclic) bond motifs is 1. The Morgan fingerprint density at radius 1 is 0.951 bits per heavy atom. The third-order valence-electron chi connectivity index (χ3n) is 7.11. The molecule has 206 valence electrons. The molecule has 1 heterocycles. The third kappa shape index (κ3) is 6.63. The topological polar surface area (TPSA) is 94.5 Å². The molecular formula is C34H32N4O3. The molecule has 0 spiro atoms. The van der Waals surface area contributed by atoms with Crippen LogP contribution in [0.5, 0.6) is 5.75 Å². The summed E-state index contributed by atoms with van der Waals surface area (Å²) in [6.07, 6.45) is 0.793. The van der Waals surface area contributed by atoms with E-state index < -0.39 is 0 Å². The third-order valence-corrected chi connectivity index (χ3v) is 7.11. The van der Waals surface area contributed by atoms with Gasteiger partial charge in [-0.3, -0.25) is 9.59 Å². The molecule has 0 saturated carbocycles. The second-order valence-electron chi connectivity index (χ2n) is 9.96. The van der Waals surface area contributed by atoms with Gasteiger partial charge in [-0.15, -0.1) is 0 Å². The highest BCUT2D eigenvalue weighted by Crippen LogP contribution is 2.37. The summed E-state index contributed by atoms with van der Waals surface area (Å²) in [6, 6.07) is 31.4. The van der Waals surface area contributed by atoms with Gasteiger partial charge in [0, 0.05) is 49.9 Å². The molecule has 0 atom stereocenters. The highest BCUT2D eigenvalue weighted by molar-refractivity contribution is 6.08. The number of carbonyl (C=O) groups excluding carboxylic acids is 2. The van der Waals surface area contributed by atoms with Gasteiger partial charge in [0.05, 0.1) is 11.6 Å². The molecule has 0 aromatic heterocycles. The Hall–Kier alpha value is -4.93. The van der Waals surface area contributed by atoms with Crippen molar-refractivity contribution in [1.29, 1.82) is 5.26 Å². The van der Waals surface area contributed by atoms with Gasteiger partial charge >= 0.3 is 0 Å². The molecule has 0 saturated heterocycles. The van der Waals surface area contributed by atoms with Crippen LogP contribution in [0.2, 0.25) is 0 Å². The van der Waals surface area contributed by atoms with Crippen molar-refractivity contribution >= 4 is 17.5 Å². The van der Waals surface area contributed by atoms with Crippen molar-refractivity contribution in [1.82, 2.24) is 10.6 Å². The lowest BCUT2D eigenvalue weighted by molar-refractivity contribution is -0.118. The molecular weight excluding hydrogens is 512 g/mol. The molecule has 2 amide bonds. The molecule has 0 bridgehead atoms. The number of nitriles is 1. The van der Waals surface area contributed by atoms with Crippen molar-refractivity contribution in [2.24, 2.45) is 0 Å². The monoisotopic (exact) mass is 544 g/mol. The number of anilines is 1. The van der Waals surface area contributed by atoms with Gasteiger partial charge in [-0.05, 0) is 59.0 Å². The standard InChI is InChI=1S/C34H32N4O3/c1-24(39)37-17-16-36-22-29-14-13-28(20-33(29)41-23-26-8-5-7-25(19-26)21-35)34(40)38-18-15-31-30(11-6-12-32(31)38)27-9-3-2-4-10-27/h2-14,19-20,36H,15-18,22-23H2,1H3,(H,37,39). The van der Waals surface area contributed by atoms with Crippen LogP contribution >= 0.6 is 0 Å². The normalized spacial score (nSPS) is 12.0. The Labute approximate surface area is 240 Å². The van der Waals surface area contributed by atoms with Crippen LogP contribution in [0.3, 0.4) is 0 Å². The molecule has 7 heteroatoms. The SMILES string of the molecule is CC(=O)NCCNCc1ccc(C(=O)N2CCc3c(-c4ccccc4)cccc32)cc1OCc1cccc(C#N)c1. The zero-order valence-electron chi connectivity index (χ0n) is 23.0. The summed E-state index contributed by atoms with van der Waals surface area (Å²) >= 11 is 0. The quantitative estimate of drug-likeness (QED) is 0.267. The molecule has 0 fully saturated rings. The summed E-state index contributed by atoms with van der Waals surface area (Å²) in [7, 11) is 0. The summed E-state index contributed by atoms with van der Waals surface area (Å²) in [5.41, 5.74) is 7.30. The first-order valence-corrected chi connectivity index (χ1v) is 13.7. The van der Waals surface area contributed by atoms with Crippen LogP contribution in [-0.2, 0) is 24.4 Å². The number of nitrogens with zero attached hydrogens (tertiary/aromatic N) is 2. The lowest BCUT2D eigenvalue weighted by Crippen LogP contribution is -2.30. The molecule has 0 unspecified atom stereocenters. The summed E-state index contributed by atoms with van der Waals surface area (Å²) < 4.78 is 6.23. The van der Waals surface area contributed by atoms with Crippen LogP contribution in [-0.4, -0.2) is 31.4 Å². The average Bonchev–Trinajstić information content (AvgIpc) is 3.44. The van der Waals surface area contributed by atoms with Gasteiger partial charge < -0.3 is 20.3 Å². The molecule has 7 nitrogen and oxygen atoms in total. The first-order valence-electron chi connectivity index (χ1n) is 13.7. The molecule has 5 rings (SSSR count). The van der Waals surface area contributed by atoms with E-state index in [1.165, 1.54) is 12.5 Å². The molecule has 41 heavy (non-hydrogen) atoms. The van der Waals surface area contributed by atoms with Gasteiger partial charge in [0.25, 0.3) is 5.91 Å². The van der Waals surface area contributed by atoms with E-state index in [-0.39, 0.29) is 18.4 Å². The summed E-state index contributed by atoms with van der Waals surface area (Å²) in [5, 5.41) is 15.3. The Kier molecular flexibility index (Phi) is 8.73. The van der Waals surface area contributed by atoms with E-state index >= 15 is 0 Å². The molecule has 1 aliphatic rings. The second kappa shape index (κ2) is 12.9. The van der Waals surface area contributed by atoms with Crippen LogP contribution in [0.1, 0.15) is 39.5 Å². The molecule has 4 aromatic rings. The van der Waals surface area contributed by atoms with Gasteiger partial charge in [0.15, 0.2) is 0 Å². The number of nitrogens with one attached hydrogen (secondary N) is 2. The number of benzene rings is 4. The Morgan fingerprint density at radius 2 is 1.78 bits per heavy atom. The second-order valence-corrected chi connectivity index (χ2v) is 9.96. The smallest absolute Gasteiger partial charge is 0.258 e. The molecule has 0 aliphatic carbocycles. The number of hydrogen-bond donors (Lipinski definition) is 2. The Balaban J connectivity index is 1.38. The fourth-order valence-corrected chi connectivity index (χ4v) is 5.10. The summed E-state index contributed by atoms with van der Waals surface area (Å²) in [5.74, 6) is 0.454. The lowest BCUT2D eigenvalue weighted by atomic mass is 9.98. The minimum absolute atomic E-state index is 0.0716. The summed E-state index contributed by atoms with van der Waals surface area (Å²) in [4.78, 5) is 26.8. The average molecular weight is 545 g/mol. The predicted molar refractivity (Wildman–Crippen MR) is 160 cm³/mol. The van der Waals surface area contributed by atoms with Crippen molar-refractivity contribution in [2.75, 3.05) is 24.5 Å². The van der Waals surface area contributed by atoms with Crippen molar-refractivity contribution < 1.29 is 14.3 Å². The zero-order valence-corrected chi connectivity index (χ0v) is 23.0. The maximum absolute atomic E-state index is 13.8. The Morgan fingerprint density at radius 3 is 2.59 bits per heavy atom. The fourth-order valence-electron chi connectivity index (χ4n) is 5.10. The van der Waals surface area contributed by atoms with E-state index in [0.717, 1.165) is 34.4 Å².